The Balaban J connectivity index is 4.51. The average Bonchev–Trinajstić information content (AvgIpc) is 3.32. The number of unbranched alkanes of at least 4 members (excludes halogenated alkanes) is 30. The number of nitrogens with one attached hydrogen (secondary N) is 2. The molecule has 0 aromatic rings. The first-order valence-corrected chi connectivity index (χ1v) is 31.7. The molecule has 0 spiro atoms. The molecule has 9 nitrogen and oxygen atoms in total. The van der Waals surface area contributed by atoms with Crippen LogP contribution in [0.3, 0.4) is 0 Å². The molecule has 0 saturated heterocycles. The van der Waals surface area contributed by atoms with Gasteiger partial charge in [-0.05, 0) is 90.6 Å². The number of aliphatic carboxylic acids is 1. The van der Waals surface area contributed by atoms with Crippen molar-refractivity contribution in [1.29, 1.82) is 0 Å². The van der Waals surface area contributed by atoms with Gasteiger partial charge >= 0.3 is 5.97 Å². The van der Waals surface area contributed by atoms with Crippen molar-refractivity contribution in [2.24, 2.45) is 0 Å². The number of hydrogen-bond acceptors (Lipinski definition) is 6. The molecule has 0 saturated carbocycles. The fourth-order valence-electron chi connectivity index (χ4n) is 9.35. The predicted octanol–water partition coefficient (Wildman–Crippen LogP) is 15.6. The van der Waals surface area contributed by atoms with Gasteiger partial charge in [0.1, 0.15) is 0 Å². The Labute approximate surface area is 416 Å². The van der Waals surface area contributed by atoms with Crippen LogP contribution < -0.4 is 10.6 Å². The number of amides is 2. The molecule has 2 amide bonds. The first kappa shape index (κ1) is 65.6. The molecule has 0 atom stereocenters. The summed E-state index contributed by atoms with van der Waals surface area (Å²) in [5, 5.41) is 15.4. The van der Waals surface area contributed by atoms with Crippen LogP contribution >= 0.6 is 7.14 Å². The van der Waals surface area contributed by atoms with Crippen molar-refractivity contribution in [2.75, 3.05) is 70.8 Å². The lowest BCUT2D eigenvalue weighted by atomic mass is 10.1. The molecular formula is C57H115N4O5P. The minimum Gasteiger partial charge on any atom is -0.481 e. The normalized spacial score (nSPS) is 11.9. The van der Waals surface area contributed by atoms with E-state index in [0.717, 1.165) is 38.5 Å². The molecule has 67 heavy (non-hydrogen) atoms. The lowest BCUT2D eigenvalue weighted by Gasteiger charge is -2.22. The van der Waals surface area contributed by atoms with Crippen LogP contribution in [-0.4, -0.2) is 104 Å². The van der Waals surface area contributed by atoms with Crippen LogP contribution in [0.4, 0.5) is 0 Å². The molecule has 0 aromatic heterocycles. The standard InChI is InChI=1S/C57H115N4O5P/c1-5-9-13-17-21-27-35-46-60(47-36-28-22-18-14-10-6-2)50-39-31-25-33-44-58-55(62)41-52-67(66,54-43-57(64)65)53-42-56(63)59-45-34-26-32-40-51-61(48-37-29-23-19-15-11-7-3)49-38-30-24-20-16-12-8-4/h5-54H2,1-4H3,(H,58,62)(H,59,63)(H,64,65). The Kier molecular flexibility index (Phi) is 49.8. The third kappa shape index (κ3) is 48.0. The number of rotatable bonds is 55. The van der Waals surface area contributed by atoms with Gasteiger partial charge in [0.25, 0.3) is 0 Å². The maximum absolute atomic E-state index is 13.8. The number of carbonyl (C=O) groups excluding carboxylic acids is 2. The Bertz CT molecular complexity index is 1030. The van der Waals surface area contributed by atoms with E-state index >= 15 is 0 Å². The Morgan fingerprint density at radius 1 is 0.343 bits per heavy atom. The maximum Gasteiger partial charge on any atom is 0.303 e. The van der Waals surface area contributed by atoms with E-state index in [1.54, 1.807) is 0 Å². The second-order valence-corrected chi connectivity index (χ2v) is 24.0. The highest BCUT2D eigenvalue weighted by atomic mass is 31.2. The highest BCUT2D eigenvalue weighted by Gasteiger charge is 2.25. The third-order valence-electron chi connectivity index (χ3n) is 14.0. The van der Waals surface area contributed by atoms with Crippen LogP contribution in [0, 0.1) is 0 Å². The highest BCUT2D eigenvalue weighted by Crippen LogP contribution is 2.47. The van der Waals surface area contributed by atoms with Crippen molar-refractivity contribution >= 4 is 24.9 Å². The van der Waals surface area contributed by atoms with E-state index in [1.807, 2.05) is 0 Å². The van der Waals surface area contributed by atoms with Crippen molar-refractivity contribution in [3.05, 3.63) is 0 Å². The van der Waals surface area contributed by atoms with E-state index in [4.69, 9.17) is 0 Å². The minimum absolute atomic E-state index is 0.0345. The predicted molar refractivity (Wildman–Crippen MR) is 292 cm³/mol. The van der Waals surface area contributed by atoms with E-state index in [0.29, 0.717) is 13.1 Å². The van der Waals surface area contributed by atoms with Crippen molar-refractivity contribution in [3.8, 4) is 0 Å². The van der Waals surface area contributed by atoms with Crippen LogP contribution in [0.2, 0.25) is 0 Å². The lowest BCUT2D eigenvalue weighted by Crippen LogP contribution is -2.28. The van der Waals surface area contributed by atoms with Crippen molar-refractivity contribution in [2.45, 2.75) is 278 Å². The van der Waals surface area contributed by atoms with E-state index in [9.17, 15) is 24.1 Å². The second-order valence-electron chi connectivity index (χ2n) is 20.6. The zero-order valence-electron chi connectivity index (χ0n) is 45.3. The molecule has 0 rings (SSSR count). The number of carboxylic acids is 1. The molecule has 0 radical (unpaired) electrons. The quantitative estimate of drug-likeness (QED) is 0.0410. The summed E-state index contributed by atoms with van der Waals surface area (Å²) >= 11 is 0. The van der Waals surface area contributed by atoms with Gasteiger partial charge in [0, 0.05) is 44.4 Å². The first-order chi connectivity index (χ1) is 32.7. The zero-order chi connectivity index (χ0) is 49.2. The summed E-state index contributed by atoms with van der Waals surface area (Å²) in [5.41, 5.74) is 0. The maximum atomic E-state index is 13.8. The molecule has 0 aromatic carbocycles. The van der Waals surface area contributed by atoms with E-state index in [-0.39, 0.29) is 49.6 Å². The van der Waals surface area contributed by atoms with Gasteiger partial charge in [-0.3, -0.25) is 14.4 Å². The lowest BCUT2D eigenvalue weighted by molar-refractivity contribution is -0.136. The van der Waals surface area contributed by atoms with Crippen molar-refractivity contribution < 1.29 is 24.1 Å². The van der Waals surface area contributed by atoms with Gasteiger partial charge in [-0.25, -0.2) is 0 Å². The van der Waals surface area contributed by atoms with Gasteiger partial charge in [0.2, 0.25) is 11.8 Å². The number of carbonyl (C=O) groups is 3. The Morgan fingerprint density at radius 2 is 0.567 bits per heavy atom. The molecule has 0 heterocycles. The Morgan fingerprint density at radius 3 is 0.821 bits per heavy atom. The van der Waals surface area contributed by atoms with Crippen LogP contribution in [0.1, 0.15) is 278 Å². The molecule has 0 aliphatic heterocycles. The van der Waals surface area contributed by atoms with Crippen molar-refractivity contribution in [1.82, 2.24) is 20.4 Å². The molecule has 0 fully saturated rings. The molecule has 398 valence electrons. The summed E-state index contributed by atoms with van der Waals surface area (Å²) in [6.07, 6.45) is 46.9. The molecule has 10 heteroatoms. The summed E-state index contributed by atoms with van der Waals surface area (Å²) < 4.78 is 13.8. The number of nitrogens with zero attached hydrogens (tertiary/aromatic N) is 2. The van der Waals surface area contributed by atoms with E-state index in [1.165, 1.54) is 232 Å². The minimum atomic E-state index is -2.99. The smallest absolute Gasteiger partial charge is 0.303 e. The van der Waals surface area contributed by atoms with Crippen LogP contribution in [-0.2, 0) is 18.9 Å². The molecule has 0 bridgehead atoms. The second kappa shape index (κ2) is 50.9. The molecule has 0 aliphatic carbocycles. The van der Waals surface area contributed by atoms with Gasteiger partial charge in [-0.15, -0.1) is 0 Å². The summed E-state index contributed by atoms with van der Waals surface area (Å²) in [6.45, 7) is 17.6. The van der Waals surface area contributed by atoms with Crippen molar-refractivity contribution in [3.63, 3.8) is 0 Å². The molecule has 0 aliphatic rings. The third-order valence-corrected chi connectivity index (χ3v) is 17.1. The fraction of sp³-hybridized carbons (Fsp3) is 0.947. The summed E-state index contributed by atoms with van der Waals surface area (Å²) in [6, 6.07) is 0. The van der Waals surface area contributed by atoms with Crippen LogP contribution in [0.5, 0.6) is 0 Å². The monoisotopic (exact) mass is 967 g/mol. The van der Waals surface area contributed by atoms with Gasteiger partial charge in [-0.1, -0.05) is 207 Å². The van der Waals surface area contributed by atoms with Gasteiger partial charge in [-0.2, -0.15) is 0 Å². The molecule has 3 N–H and O–H groups in total. The topological polar surface area (TPSA) is 119 Å². The SMILES string of the molecule is CCCCCCCCCN(CCCCCCCCC)CCCCCCNC(=O)CCP(=O)(CCC(=O)O)CCC(=O)NCCCCCCN(CCCCCCCCC)CCCCCCCCC. The van der Waals surface area contributed by atoms with Gasteiger partial charge in [0.05, 0.1) is 13.6 Å². The summed E-state index contributed by atoms with van der Waals surface area (Å²) in [7, 11) is -2.99. The first-order valence-electron chi connectivity index (χ1n) is 29.5. The Hall–Kier alpha value is -1.44. The highest BCUT2D eigenvalue weighted by molar-refractivity contribution is 7.64. The largest absolute Gasteiger partial charge is 0.481 e. The van der Waals surface area contributed by atoms with E-state index < -0.39 is 13.1 Å². The van der Waals surface area contributed by atoms with Gasteiger partial charge in [0.15, 0.2) is 0 Å². The van der Waals surface area contributed by atoms with Gasteiger partial charge < -0.3 is 30.1 Å². The molecular weight excluding hydrogens is 852 g/mol. The summed E-state index contributed by atoms with van der Waals surface area (Å²) in [4.78, 5) is 42.4. The average molecular weight is 968 g/mol. The molecule has 0 unspecified atom stereocenters. The summed E-state index contributed by atoms with van der Waals surface area (Å²) in [5.74, 6) is -1.25. The zero-order valence-corrected chi connectivity index (χ0v) is 46.2. The number of carboxylic acid groups (broad SMARTS) is 1. The van der Waals surface area contributed by atoms with Crippen LogP contribution in [0.25, 0.3) is 0 Å². The fourth-order valence-corrected chi connectivity index (χ4v) is 11.8. The van der Waals surface area contributed by atoms with E-state index in [2.05, 4.69) is 48.1 Å². The number of hydrogen-bond donors (Lipinski definition) is 3. The van der Waals surface area contributed by atoms with Crippen LogP contribution in [0.15, 0.2) is 0 Å².